The molecule has 0 aliphatic rings. The summed E-state index contributed by atoms with van der Waals surface area (Å²) in [6, 6.07) is 0.857. The molecule has 98 valence electrons. The number of likely N-dealkylation sites (N-methyl/N-ethyl adjacent to an activating group) is 1. The number of hydrogen-bond acceptors (Lipinski definition) is 3. The van der Waals surface area contributed by atoms with Gasteiger partial charge in [0.25, 0.3) is 0 Å². The van der Waals surface area contributed by atoms with E-state index >= 15 is 0 Å². The van der Waals surface area contributed by atoms with Crippen molar-refractivity contribution >= 4 is 5.95 Å². The van der Waals surface area contributed by atoms with Crippen LogP contribution in [-0.2, 0) is 0 Å². The Labute approximate surface area is 105 Å². The zero-order valence-corrected chi connectivity index (χ0v) is 11.8. The van der Waals surface area contributed by atoms with Crippen LogP contribution in [0, 0.1) is 0 Å². The highest BCUT2D eigenvalue weighted by Gasteiger charge is 2.11. The molecule has 0 aliphatic heterocycles. The topological polar surface area (TPSA) is 33.1 Å². The van der Waals surface area contributed by atoms with Crippen molar-refractivity contribution in [2.75, 3.05) is 25.0 Å². The Balaban J connectivity index is 2.55. The Morgan fingerprint density at radius 2 is 1.94 bits per heavy atom. The SMILES string of the molecule is CCN(CC)CC(C)Nc1nccn1C(C)C. The Bertz CT molecular complexity index is 315. The lowest BCUT2D eigenvalue weighted by molar-refractivity contribution is 0.294. The van der Waals surface area contributed by atoms with Crippen LogP contribution in [0.4, 0.5) is 5.95 Å². The van der Waals surface area contributed by atoms with Crippen LogP contribution in [0.5, 0.6) is 0 Å². The molecule has 1 unspecified atom stereocenters. The van der Waals surface area contributed by atoms with Gasteiger partial charge in [0, 0.05) is 31.0 Å². The minimum Gasteiger partial charge on any atom is -0.352 e. The number of aromatic nitrogens is 2. The standard InChI is InChI=1S/C13H26N4/c1-6-16(7-2)10-12(5)15-13-14-8-9-17(13)11(3)4/h8-9,11-12H,6-7,10H2,1-5H3,(H,14,15). The van der Waals surface area contributed by atoms with Crippen LogP contribution in [0.3, 0.4) is 0 Å². The highest BCUT2D eigenvalue weighted by Crippen LogP contribution is 2.13. The van der Waals surface area contributed by atoms with Gasteiger partial charge in [0.15, 0.2) is 0 Å². The summed E-state index contributed by atoms with van der Waals surface area (Å²) in [5, 5.41) is 3.48. The summed E-state index contributed by atoms with van der Waals surface area (Å²) in [6.45, 7) is 14.2. The minimum atomic E-state index is 0.412. The molecule has 0 bridgehead atoms. The van der Waals surface area contributed by atoms with E-state index in [2.05, 4.69) is 54.4 Å². The summed E-state index contributed by atoms with van der Waals surface area (Å²) in [4.78, 5) is 6.79. The van der Waals surface area contributed by atoms with Gasteiger partial charge in [-0.05, 0) is 33.9 Å². The number of anilines is 1. The molecule has 1 rings (SSSR count). The molecular weight excluding hydrogens is 212 g/mol. The maximum Gasteiger partial charge on any atom is 0.203 e. The van der Waals surface area contributed by atoms with Gasteiger partial charge in [-0.15, -0.1) is 0 Å². The summed E-state index contributed by atoms with van der Waals surface area (Å²) in [7, 11) is 0. The van der Waals surface area contributed by atoms with Gasteiger partial charge in [0.1, 0.15) is 0 Å². The van der Waals surface area contributed by atoms with E-state index in [0.29, 0.717) is 12.1 Å². The molecule has 0 spiro atoms. The first-order valence-corrected chi connectivity index (χ1v) is 6.60. The second-order valence-corrected chi connectivity index (χ2v) is 4.78. The molecule has 1 aromatic rings. The predicted octanol–water partition coefficient (Wildman–Crippen LogP) is 2.61. The molecule has 0 saturated carbocycles. The number of nitrogens with zero attached hydrogens (tertiary/aromatic N) is 3. The van der Waals surface area contributed by atoms with Crippen molar-refractivity contribution < 1.29 is 0 Å². The second kappa shape index (κ2) is 6.64. The van der Waals surface area contributed by atoms with Crippen LogP contribution >= 0.6 is 0 Å². The van der Waals surface area contributed by atoms with Gasteiger partial charge in [-0.2, -0.15) is 0 Å². The summed E-state index contributed by atoms with van der Waals surface area (Å²) in [5.41, 5.74) is 0. The van der Waals surface area contributed by atoms with Gasteiger partial charge >= 0.3 is 0 Å². The highest BCUT2D eigenvalue weighted by atomic mass is 15.2. The fourth-order valence-corrected chi connectivity index (χ4v) is 1.98. The number of hydrogen-bond donors (Lipinski definition) is 1. The predicted molar refractivity (Wildman–Crippen MR) is 73.5 cm³/mol. The third-order valence-electron chi connectivity index (χ3n) is 3.03. The molecule has 1 N–H and O–H groups in total. The minimum absolute atomic E-state index is 0.412. The van der Waals surface area contributed by atoms with E-state index in [1.807, 2.05) is 12.4 Å². The molecule has 0 saturated heterocycles. The van der Waals surface area contributed by atoms with Gasteiger partial charge in [-0.25, -0.2) is 4.98 Å². The normalized spacial score (nSPS) is 13.4. The lowest BCUT2D eigenvalue weighted by atomic mass is 10.3. The molecule has 1 aromatic heterocycles. The van der Waals surface area contributed by atoms with Crippen LogP contribution in [-0.4, -0.2) is 40.1 Å². The Hall–Kier alpha value is -1.03. The fraction of sp³-hybridized carbons (Fsp3) is 0.769. The quantitative estimate of drug-likeness (QED) is 0.792. The highest BCUT2D eigenvalue weighted by molar-refractivity contribution is 5.28. The van der Waals surface area contributed by atoms with Crippen molar-refractivity contribution in [1.29, 1.82) is 0 Å². The number of rotatable bonds is 7. The molecule has 17 heavy (non-hydrogen) atoms. The zero-order valence-electron chi connectivity index (χ0n) is 11.8. The third kappa shape index (κ3) is 4.04. The number of imidazole rings is 1. The van der Waals surface area contributed by atoms with E-state index in [-0.39, 0.29) is 0 Å². The van der Waals surface area contributed by atoms with E-state index in [1.54, 1.807) is 0 Å². The van der Waals surface area contributed by atoms with Gasteiger partial charge in [-0.1, -0.05) is 13.8 Å². The summed E-state index contributed by atoms with van der Waals surface area (Å²) in [5.74, 6) is 0.972. The van der Waals surface area contributed by atoms with Crippen LogP contribution in [0.2, 0.25) is 0 Å². The molecule has 0 fully saturated rings. The Kier molecular flexibility index (Phi) is 5.48. The van der Waals surface area contributed by atoms with Crippen molar-refractivity contribution in [3.63, 3.8) is 0 Å². The monoisotopic (exact) mass is 238 g/mol. The molecule has 1 heterocycles. The van der Waals surface area contributed by atoms with Crippen LogP contribution in [0.25, 0.3) is 0 Å². The van der Waals surface area contributed by atoms with E-state index in [9.17, 15) is 0 Å². The van der Waals surface area contributed by atoms with Gasteiger partial charge in [0.2, 0.25) is 5.95 Å². The van der Waals surface area contributed by atoms with E-state index in [1.165, 1.54) is 0 Å². The van der Waals surface area contributed by atoms with Crippen molar-refractivity contribution in [2.24, 2.45) is 0 Å². The smallest absolute Gasteiger partial charge is 0.203 e. The molecule has 0 radical (unpaired) electrons. The maximum absolute atomic E-state index is 4.37. The lowest BCUT2D eigenvalue weighted by Crippen LogP contribution is -2.35. The number of nitrogens with one attached hydrogen (secondary N) is 1. The molecule has 4 nitrogen and oxygen atoms in total. The molecular formula is C13H26N4. The van der Waals surface area contributed by atoms with Crippen LogP contribution in [0.15, 0.2) is 12.4 Å². The Morgan fingerprint density at radius 1 is 1.29 bits per heavy atom. The summed E-state index contributed by atoms with van der Waals surface area (Å²) < 4.78 is 2.17. The van der Waals surface area contributed by atoms with Gasteiger partial charge < -0.3 is 14.8 Å². The van der Waals surface area contributed by atoms with Crippen molar-refractivity contribution in [1.82, 2.24) is 14.5 Å². The van der Waals surface area contributed by atoms with E-state index in [4.69, 9.17) is 0 Å². The molecule has 0 aliphatic carbocycles. The van der Waals surface area contributed by atoms with Crippen molar-refractivity contribution in [3.8, 4) is 0 Å². The third-order valence-corrected chi connectivity index (χ3v) is 3.03. The maximum atomic E-state index is 4.37. The van der Waals surface area contributed by atoms with Crippen LogP contribution < -0.4 is 5.32 Å². The van der Waals surface area contributed by atoms with E-state index < -0.39 is 0 Å². The largest absolute Gasteiger partial charge is 0.352 e. The first-order valence-electron chi connectivity index (χ1n) is 6.60. The molecule has 4 heteroatoms. The van der Waals surface area contributed by atoms with Gasteiger partial charge in [0.05, 0.1) is 0 Å². The first-order chi connectivity index (χ1) is 8.08. The molecule has 0 aromatic carbocycles. The zero-order chi connectivity index (χ0) is 12.8. The summed E-state index contributed by atoms with van der Waals surface area (Å²) in [6.07, 6.45) is 3.88. The molecule has 1 atom stereocenters. The van der Waals surface area contributed by atoms with E-state index in [0.717, 1.165) is 25.6 Å². The van der Waals surface area contributed by atoms with Crippen LogP contribution in [0.1, 0.15) is 40.7 Å². The van der Waals surface area contributed by atoms with Crippen molar-refractivity contribution in [2.45, 2.75) is 46.7 Å². The Morgan fingerprint density at radius 3 is 2.47 bits per heavy atom. The average molecular weight is 238 g/mol. The van der Waals surface area contributed by atoms with Gasteiger partial charge in [-0.3, -0.25) is 0 Å². The summed E-state index contributed by atoms with van der Waals surface area (Å²) >= 11 is 0. The van der Waals surface area contributed by atoms with Crippen molar-refractivity contribution in [3.05, 3.63) is 12.4 Å². The second-order valence-electron chi connectivity index (χ2n) is 4.78. The average Bonchev–Trinajstić information content (AvgIpc) is 2.74. The molecule has 0 amide bonds. The fourth-order valence-electron chi connectivity index (χ4n) is 1.98. The first kappa shape index (κ1) is 14.0. The lowest BCUT2D eigenvalue weighted by Gasteiger charge is -2.24.